The van der Waals surface area contributed by atoms with Crippen LogP contribution in [0.25, 0.3) is 109 Å². The summed E-state index contributed by atoms with van der Waals surface area (Å²) in [6.45, 7) is 18.1. The Morgan fingerprint density at radius 2 is 1.13 bits per heavy atom. The number of halogens is 1. The van der Waals surface area contributed by atoms with E-state index in [2.05, 4.69) is 186 Å². The van der Waals surface area contributed by atoms with E-state index in [-0.39, 0.29) is 100 Å². The SMILES string of the molecule is CC(=O)C=C(C)O.CC(=O)C=C(C)O.CC(C)(C)c1c[c-]c(-c2nc3ccccc3c3sccc23)cc1.CC1(C)c2cccc3c2-c2c4c1cccc4cc[n+]2C3.Fc1ccc(-c2ccc(-c3[c-]cccc3)nc2)cc1.[Ir].[Ir].[Ir].[c-]1ccccc1-c1ccccn1.[c-]1ccccc1-c1nccc2sccc12. The van der Waals surface area contributed by atoms with Crippen LogP contribution < -0.4 is 4.57 Å². The Kier molecular flexibility index (Phi) is 29.4. The Morgan fingerprint density at radius 1 is 0.538 bits per heavy atom. The number of carbonyl (C=O) groups excluding carboxylic acids is 2. The third-order valence-electron chi connectivity index (χ3n) is 17.1. The van der Waals surface area contributed by atoms with Gasteiger partial charge in [-0.2, -0.15) is 4.57 Å². The predicted molar refractivity (Wildman–Crippen MR) is 421 cm³/mol. The van der Waals surface area contributed by atoms with Crippen LogP contribution in [0.5, 0.6) is 0 Å². The van der Waals surface area contributed by atoms with Crippen LogP contribution in [0.1, 0.15) is 84.6 Å². The van der Waals surface area contributed by atoms with Crippen LogP contribution in [-0.2, 0) is 87.3 Å². The Balaban J connectivity index is 0.000000161. The summed E-state index contributed by atoms with van der Waals surface area (Å²) in [5, 5.41) is 27.4. The molecule has 2 N–H and O–H groups in total. The number of fused-ring (bicyclic) bond motifs is 4. The molecule has 0 fully saturated rings. The van der Waals surface area contributed by atoms with Gasteiger partial charge in [0, 0.05) is 123 Å². The van der Waals surface area contributed by atoms with Gasteiger partial charge in [0.1, 0.15) is 5.82 Å². The van der Waals surface area contributed by atoms with Crippen LogP contribution in [-0.4, -0.2) is 41.7 Å². The molecule has 15 aromatic rings. The second-order valence-corrected chi connectivity index (χ2v) is 28.0. The molecule has 15 heteroatoms. The standard InChI is InChI=1S/C21H18NS.C19H16N.C17H11FN.C13H8NS.C11H8N.2C5H8O2.3Ir/c1-21(2,3)15-10-8-14(9-11-15)19-17-12-13-23-20(17)16-6-4-5-7-18(16)22-19;1-19(2)14-7-3-5-12-9-10-20-11-13-6-4-8-15(19)17(13)18(20)16(12)14;18-16-9-6-13(7-10-16)15-8-11-17(19-12-15)14-4-2-1-3-5-14;1-2-4-10(5-3-1)13-11-7-9-15-12(11)6-8-14-13;1-2-6-10(7-3-1)11-8-4-5-9-12-11;2*1-4(6)3-5(2)7;;;/h4-8,10-13H,1-3H3;3-10H,11H2,1-2H3;1-4,6-12H;1-4,6-9H;1-6,8-9H;2*3,6H,1-2H3;;;/q-1;+1;3*-1;;;;;. The summed E-state index contributed by atoms with van der Waals surface area (Å²) in [7, 11) is 0. The molecule has 539 valence electrons. The van der Waals surface area contributed by atoms with Crippen LogP contribution in [0.15, 0.2) is 290 Å². The summed E-state index contributed by atoms with van der Waals surface area (Å²) in [5.74, 6) is -0.354. The van der Waals surface area contributed by atoms with Crippen molar-refractivity contribution in [1.82, 2.24) is 19.9 Å². The number of allylic oxidation sites excluding steroid dienone is 4. The van der Waals surface area contributed by atoms with Crippen molar-refractivity contribution < 1.29 is 89.1 Å². The molecular weight excluding hydrogens is 1890 g/mol. The number of aliphatic hydroxyl groups excluding tert-OH is 2. The summed E-state index contributed by atoms with van der Waals surface area (Å²) in [6.07, 6.45) is 10.0. The molecule has 0 spiro atoms. The van der Waals surface area contributed by atoms with Gasteiger partial charge in [0.15, 0.2) is 24.3 Å². The number of aromatic nitrogens is 5. The first-order valence-corrected chi connectivity index (χ1v) is 35.5. The first kappa shape index (κ1) is 81.9. The van der Waals surface area contributed by atoms with Crippen molar-refractivity contribution in [3.05, 3.63) is 342 Å². The topological polar surface area (TPSA) is 130 Å². The number of carbonyl (C=O) groups is 2. The number of hydrogen-bond donors (Lipinski definition) is 2. The van der Waals surface area contributed by atoms with Gasteiger partial charge in [-0.3, -0.25) is 14.6 Å². The van der Waals surface area contributed by atoms with Gasteiger partial charge in [0.05, 0.1) is 28.0 Å². The van der Waals surface area contributed by atoms with E-state index in [1.807, 2.05) is 121 Å². The summed E-state index contributed by atoms with van der Waals surface area (Å²) < 4.78 is 17.9. The molecule has 9 nitrogen and oxygen atoms in total. The van der Waals surface area contributed by atoms with Gasteiger partial charge in [0.2, 0.25) is 5.69 Å². The third kappa shape index (κ3) is 20.4. The molecule has 3 radical (unpaired) electrons. The summed E-state index contributed by atoms with van der Waals surface area (Å²) >= 11 is 3.52. The molecule has 17 rings (SSSR count). The van der Waals surface area contributed by atoms with Crippen LogP contribution in [0.4, 0.5) is 4.39 Å². The second kappa shape index (κ2) is 38.0. The zero-order chi connectivity index (χ0) is 72.6. The minimum absolute atomic E-state index is 0. The van der Waals surface area contributed by atoms with Gasteiger partial charge >= 0.3 is 0 Å². The minimum Gasteiger partial charge on any atom is -0.512 e. The quantitative estimate of drug-likeness (QED) is 0.0698. The molecule has 1 aliphatic heterocycles. The van der Waals surface area contributed by atoms with E-state index >= 15 is 0 Å². The average Bonchev–Trinajstić information content (AvgIpc) is 1.44. The average molecular weight is 1960 g/mol. The second-order valence-electron chi connectivity index (χ2n) is 26.2. The number of benzene rings is 8. The summed E-state index contributed by atoms with van der Waals surface area (Å²) in [4.78, 5) is 38.0. The van der Waals surface area contributed by atoms with Crippen LogP contribution in [0, 0.1) is 30.1 Å². The van der Waals surface area contributed by atoms with E-state index in [0.29, 0.717) is 0 Å². The number of rotatable bonds is 7. The van der Waals surface area contributed by atoms with Gasteiger partial charge in [-0.05, 0) is 135 Å². The molecule has 8 aromatic carbocycles. The van der Waals surface area contributed by atoms with Crippen LogP contribution >= 0.6 is 22.7 Å². The van der Waals surface area contributed by atoms with Crippen molar-refractivity contribution >= 4 is 76.1 Å². The monoisotopic (exact) mass is 1970 g/mol. The maximum atomic E-state index is 12.9. The van der Waals surface area contributed by atoms with Crippen molar-refractivity contribution in [3.8, 4) is 67.4 Å². The number of hydrogen-bond acceptors (Lipinski definition) is 10. The molecule has 0 unspecified atom stereocenters. The molecule has 1 aliphatic carbocycles. The zero-order valence-electron chi connectivity index (χ0n) is 59.9. The largest absolute Gasteiger partial charge is 0.512 e. The summed E-state index contributed by atoms with van der Waals surface area (Å²) in [6, 6.07) is 89.5. The van der Waals surface area contributed by atoms with Gasteiger partial charge < -0.3 is 25.2 Å². The maximum Gasteiger partial charge on any atom is 0.221 e. The molecule has 8 heterocycles. The first-order valence-electron chi connectivity index (χ1n) is 33.7. The van der Waals surface area contributed by atoms with E-state index < -0.39 is 0 Å². The summed E-state index contributed by atoms with van der Waals surface area (Å²) in [5.41, 5.74) is 19.9. The number of nitrogens with zero attached hydrogens (tertiary/aromatic N) is 5. The third-order valence-corrected chi connectivity index (χ3v) is 18.9. The Hall–Kier alpha value is -9.75. The van der Waals surface area contributed by atoms with Crippen molar-refractivity contribution in [2.75, 3.05) is 0 Å². The molecule has 0 saturated heterocycles. The normalized spacial score (nSPS) is 11.8. The Morgan fingerprint density at radius 3 is 1.72 bits per heavy atom. The van der Waals surface area contributed by atoms with Crippen molar-refractivity contribution in [1.29, 1.82) is 0 Å². The molecule has 0 saturated carbocycles. The minimum atomic E-state index is -0.229. The first-order chi connectivity index (χ1) is 49.7. The van der Waals surface area contributed by atoms with E-state index in [9.17, 15) is 14.0 Å². The van der Waals surface area contributed by atoms with Crippen molar-refractivity contribution in [2.24, 2.45) is 0 Å². The Bertz CT molecular complexity index is 5410. The van der Waals surface area contributed by atoms with Gasteiger partial charge in [-0.15, -0.1) is 166 Å². The van der Waals surface area contributed by atoms with Crippen molar-refractivity contribution in [3.63, 3.8) is 0 Å². The molecular formula is C91H77FIr3N5O4S2-3. The van der Waals surface area contributed by atoms with Gasteiger partial charge in [0.25, 0.3) is 0 Å². The molecule has 0 atom stereocenters. The van der Waals surface area contributed by atoms with Gasteiger partial charge in [-0.25, -0.2) is 4.39 Å². The van der Waals surface area contributed by atoms with E-state index in [0.717, 1.165) is 68.2 Å². The number of ketones is 2. The number of pyridine rings is 5. The molecule has 2 aliphatic rings. The number of para-hydroxylation sites is 1. The Labute approximate surface area is 668 Å². The predicted octanol–water partition coefficient (Wildman–Crippen LogP) is 22.7. The zero-order valence-corrected chi connectivity index (χ0v) is 68.7. The van der Waals surface area contributed by atoms with Crippen LogP contribution in [0.3, 0.4) is 0 Å². The molecule has 0 bridgehead atoms. The number of aliphatic hydroxyl groups is 2. The fraction of sp³-hybridized carbons (Fsp3) is 0.132. The fourth-order valence-corrected chi connectivity index (χ4v) is 14.0. The van der Waals surface area contributed by atoms with Gasteiger partial charge in [-0.1, -0.05) is 138 Å². The molecule has 106 heavy (non-hydrogen) atoms. The molecule has 7 aromatic heterocycles. The smallest absolute Gasteiger partial charge is 0.221 e. The van der Waals surface area contributed by atoms with E-state index in [1.54, 1.807) is 47.2 Å². The molecule has 0 amide bonds. The van der Waals surface area contributed by atoms with Crippen molar-refractivity contribution in [2.45, 2.75) is 79.7 Å². The van der Waals surface area contributed by atoms with E-state index in [4.69, 9.17) is 15.2 Å². The van der Waals surface area contributed by atoms with E-state index in [1.165, 1.54) is 122 Å². The number of thiophene rings is 2. The fourth-order valence-electron chi connectivity index (χ4n) is 12.3. The van der Waals surface area contributed by atoms with Crippen LogP contribution in [0.2, 0.25) is 0 Å². The maximum absolute atomic E-state index is 12.9.